The highest BCUT2D eigenvalue weighted by atomic mass is 16.5. The molecule has 3 aliphatic heterocycles. The number of urea groups is 1. The fraction of sp³-hybridized carbons (Fsp3) is 0.722. The maximum absolute atomic E-state index is 14.8. The molecule has 3 aliphatic rings. The van der Waals surface area contributed by atoms with E-state index in [-0.39, 0.29) is 48.8 Å². The van der Waals surface area contributed by atoms with Gasteiger partial charge in [-0.15, -0.1) is 0 Å². The topological polar surface area (TPSA) is 152 Å². The summed E-state index contributed by atoms with van der Waals surface area (Å²) in [6.45, 7) is 12.3. The van der Waals surface area contributed by atoms with Crippen LogP contribution < -0.4 is 10.9 Å². The van der Waals surface area contributed by atoms with Crippen molar-refractivity contribution in [2.24, 2.45) is 0 Å². The largest absolute Gasteiger partial charge is 0.444 e. The minimum absolute atomic E-state index is 0.0321. The number of aromatic nitrogens is 3. The molecule has 3 fully saturated rings. The number of aryl methyl sites for hydroxylation is 1. The number of fused-ring (bicyclic) bond motifs is 2. The Bertz CT molecular complexity index is 2720. The van der Waals surface area contributed by atoms with Crippen molar-refractivity contribution in [2.75, 3.05) is 59.4 Å². The van der Waals surface area contributed by atoms with Crippen LogP contribution >= 0.6 is 0 Å². The summed E-state index contributed by atoms with van der Waals surface area (Å²) in [5.41, 5.74) is 3.86. The molecule has 484 valence electrons. The molecule has 87 heavy (non-hydrogen) atoms. The predicted molar refractivity (Wildman–Crippen MR) is 353 cm³/mol. The summed E-state index contributed by atoms with van der Waals surface area (Å²) in [7, 11) is 2.18. The first-order chi connectivity index (χ1) is 42.5. The number of esters is 2. The molecule has 7 rings (SSSR count). The summed E-state index contributed by atoms with van der Waals surface area (Å²) >= 11 is 0. The number of piperazine rings is 1. The van der Waals surface area contributed by atoms with Crippen LogP contribution in [-0.2, 0) is 43.7 Å². The van der Waals surface area contributed by atoms with Crippen LogP contribution in [0.3, 0.4) is 0 Å². The van der Waals surface area contributed by atoms with Gasteiger partial charge in [-0.1, -0.05) is 205 Å². The van der Waals surface area contributed by atoms with E-state index in [0.717, 1.165) is 110 Å². The fourth-order valence-corrected chi connectivity index (χ4v) is 13.7. The summed E-state index contributed by atoms with van der Waals surface area (Å²) in [5, 5.41) is 9.78. The lowest BCUT2D eigenvalue weighted by Gasteiger charge is -2.43. The number of benzene rings is 2. The van der Waals surface area contributed by atoms with Crippen molar-refractivity contribution in [1.29, 1.82) is 0 Å². The van der Waals surface area contributed by atoms with Crippen LogP contribution in [0.1, 0.15) is 255 Å². The standard InChI is InChI=1S/C72H114N8O7/c1-5-7-9-11-13-15-17-19-21-23-25-27-29-31-37-67(81)86-56-79-55-62-52-59(51-58(3)69(62)74-79)53-65(71(84)77-49-47-76(48-50-77)63-41-43-75(4)44-42-63)73-72(85)78-45-39-60(40-46-78)64-54-61-35-33-34-36-66(61)80(70(64)83)57-87-68(82)38-32-30-28-26-24-22-20-18-16-14-12-10-8-6-2/h33-36,51-52,54-55,60,63,65H,5-32,37-50,53,56-57H2,1-4H3,(H,73,85). The van der Waals surface area contributed by atoms with Crippen molar-refractivity contribution in [3.8, 4) is 0 Å². The zero-order valence-corrected chi connectivity index (χ0v) is 54.7. The van der Waals surface area contributed by atoms with Gasteiger partial charge in [-0.3, -0.25) is 28.6 Å². The van der Waals surface area contributed by atoms with E-state index in [4.69, 9.17) is 14.6 Å². The van der Waals surface area contributed by atoms with Crippen molar-refractivity contribution in [3.05, 3.63) is 75.7 Å². The van der Waals surface area contributed by atoms with E-state index in [9.17, 15) is 24.0 Å². The smallest absolute Gasteiger partial charge is 0.318 e. The van der Waals surface area contributed by atoms with Gasteiger partial charge < -0.3 is 29.5 Å². The Morgan fingerprint density at radius 3 is 1.62 bits per heavy atom. The first kappa shape index (κ1) is 69.2. The van der Waals surface area contributed by atoms with Gasteiger partial charge in [-0.2, -0.15) is 5.10 Å². The maximum Gasteiger partial charge on any atom is 0.318 e. The number of hydrogen-bond acceptors (Lipinski definition) is 10. The molecule has 0 spiro atoms. The van der Waals surface area contributed by atoms with E-state index < -0.39 is 6.04 Å². The van der Waals surface area contributed by atoms with E-state index >= 15 is 0 Å². The number of nitrogens with zero attached hydrogens (tertiary/aromatic N) is 7. The normalized spacial score (nSPS) is 16.0. The van der Waals surface area contributed by atoms with Gasteiger partial charge in [0.15, 0.2) is 13.5 Å². The molecular formula is C72H114N8O7. The average Bonchev–Trinajstić information content (AvgIpc) is 2.65. The van der Waals surface area contributed by atoms with Crippen molar-refractivity contribution >= 4 is 45.7 Å². The molecule has 1 unspecified atom stereocenters. The van der Waals surface area contributed by atoms with Crippen molar-refractivity contribution in [1.82, 2.24) is 39.3 Å². The quantitative estimate of drug-likeness (QED) is 0.0337. The van der Waals surface area contributed by atoms with Crippen molar-refractivity contribution in [3.63, 3.8) is 0 Å². The third-order valence-electron chi connectivity index (χ3n) is 19.2. The van der Waals surface area contributed by atoms with Crippen LogP contribution in [0.15, 0.2) is 53.5 Å². The molecular weight excluding hydrogens is 1090 g/mol. The zero-order valence-electron chi connectivity index (χ0n) is 54.7. The molecule has 3 saturated heterocycles. The number of nitrogens with one attached hydrogen (secondary N) is 1. The highest BCUT2D eigenvalue weighted by Crippen LogP contribution is 2.30. The van der Waals surface area contributed by atoms with Gasteiger partial charge in [-0.25, -0.2) is 9.48 Å². The predicted octanol–water partition coefficient (Wildman–Crippen LogP) is 15.1. The average molecular weight is 1200 g/mol. The van der Waals surface area contributed by atoms with Gasteiger partial charge in [0.2, 0.25) is 5.91 Å². The molecule has 1 atom stereocenters. The van der Waals surface area contributed by atoms with Crippen LogP contribution in [0.4, 0.5) is 4.79 Å². The van der Waals surface area contributed by atoms with Gasteiger partial charge in [0.25, 0.3) is 5.56 Å². The van der Waals surface area contributed by atoms with Crippen LogP contribution in [0.2, 0.25) is 0 Å². The lowest BCUT2D eigenvalue weighted by molar-refractivity contribution is -0.148. The Labute approximate surface area is 523 Å². The third kappa shape index (κ3) is 23.6. The molecule has 4 aromatic rings. The highest BCUT2D eigenvalue weighted by Gasteiger charge is 2.34. The second-order valence-electron chi connectivity index (χ2n) is 26.3. The van der Waals surface area contributed by atoms with E-state index in [2.05, 4.69) is 42.1 Å². The van der Waals surface area contributed by atoms with Gasteiger partial charge in [0.05, 0.1) is 11.0 Å². The Morgan fingerprint density at radius 1 is 0.575 bits per heavy atom. The number of amides is 3. The summed E-state index contributed by atoms with van der Waals surface area (Å²) in [6.07, 6.45) is 41.6. The number of rotatable bonds is 40. The second kappa shape index (κ2) is 39.0. The van der Waals surface area contributed by atoms with Gasteiger partial charge in [-0.05, 0) is 106 Å². The fourth-order valence-electron chi connectivity index (χ4n) is 13.7. The Kier molecular flexibility index (Phi) is 31.0. The number of para-hydroxylation sites is 1. The number of ether oxygens (including phenoxy) is 2. The maximum atomic E-state index is 14.8. The number of likely N-dealkylation sites (tertiary alicyclic amines) is 2. The number of pyridine rings is 1. The first-order valence-electron chi connectivity index (χ1n) is 35.2. The Balaban J connectivity index is 0.892. The molecule has 3 amide bonds. The van der Waals surface area contributed by atoms with Crippen LogP contribution in [0.25, 0.3) is 21.8 Å². The number of carbonyl (C=O) groups is 4. The van der Waals surface area contributed by atoms with E-state index in [1.165, 1.54) is 141 Å². The summed E-state index contributed by atoms with van der Waals surface area (Å²) in [4.78, 5) is 78.1. The summed E-state index contributed by atoms with van der Waals surface area (Å²) < 4.78 is 14.7. The first-order valence-corrected chi connectivity index (χ1v) is 35.2. The van der Waals surface area contributed by atoms with Crippen molar-refractivity contribution < 1.29 is 28.7 Å². The molecule has 15 heteroatoms. The molecule has 2 aromatic carbocycles. The second-order valence-corrected chi connectivity index (χ2v) is 26.3. The lowest BCUT2D eigenvalue weighted by atomic mass is 9.89. The van der Waals surface area contributed by atoms with Crippen LogP contribution in [0, 0.1) is 6.92 Å². The molecule has 2 aromatic heterocycles. The Hall–Kier alpha value is -5.28. The minimum Gasteiger partial charge on any atom is -0.444 e. The summed E-state index contributed by atoms with van der Waals surface area (Å²) in [5.74, 6) is -0.684. The van der Waals surface area contributed by atoms with Crippen LogP contribution in [-0.4, -0.2) is 129 Å². The third-order valence-corrected chi connectivity index (χ3v) is 19.2. The van der Waals surface area contributed by atoms with Gasteiger partial charge >= 0.3 is 18.0 Å². The molecule has 0 aliphatic carbocycles. The molecule has 15 nitrogen and oxygen atoms in total. The van der Waals surface area contributed by atoms with Gasteiger partial charge in [0, 0.05) is 81.7 Å². The van der Waals surface area contributed by atoms with Crippen molar-refractivity contribution in [2.45, 2.75) is 277 Å². The SMILES string of the molecule is CCCCCCCCCCCCCCCCC(=O)OCn1cc2cc(CC(NC(=O)N3CCC(c4cc5ccccc5n(COC(=O)CCCCCCCCCCCCCCCC)c4=O)CC3)C(=O)N3CCN(C4CCN(C)CC4)CC3)cc(C)c2n1. The number of unbranched alkanes of at least 4 members (excludes halogenated alkanes) is 26. The monoisotopic (exact) mass is 1200 g/mol. The number of piperidine rings is 2. The zero-order chi connectivity index (χ0) is 61.4. The van der Waals surface area contributed by atoms with E-state index in [1.807, 2.05) is 54.4 Å². The minimum atomic E-state index is -0.808. The number of carbonyl (C=O) groups excluding carboxylic acids is 4. The van der Waals surface area contributed by atoms with E-state index in [0.29, 0.717) is 69.9 Å². The molecule has 0 saturated carbocycles. The van der Waals surface area contributed by atoms with Gasteiger partial charge in [0.1, 0.15) is 6.04 Å². The molecule has 5 heterocycles. The highest BCUT2D eigenvalue weighted by molar-refractivity contribution is 5.88. The number of hydrogen-bond donors (Lipinski definition) is 1. The Morgan fingerprint density at radius 2 is 1.08 bits per heavy atom. The lowest BCUT2D eigenvalue weighted by Crippen LogP contribution is -2.59. The molecule has 0 radical (unpaired) electrons. The molecule has 1 N–H and O–H groups in total. The summed E-state index contributed by atoms with van der Waals surface area (Å²) in [6, 6.07) is 13.2. The van der Waals surface area contributed by atoms with E-state index in [1.54, 1.807) is 14.1 Å². The molecule has 0 bridgehead atoms. The van der Waals surface area contributed by atoms with Crippen LogP contribution in [0.5, 0.6) is 0 Å².